The second-order valence-electron chi connectivity index (χ2n) is 2.85. The van der Waals surface area contributed by atoms with Crippen molar-refractivity contribution in [3.05, 3.63) is 34.7 Å². The quantitative estimate of drug-likeness (QED) is 0.633. The molecule has 13 heavy (non-hydrogen) atoms. The Bertz CT molecular complexity index is 428. The number of hydrogen-bond donors (Lipinski definition) is 0. The highest BCUT2D eigenvalue weighted by atomic mass is 35.7. The highest BCUT2D eigenvalue weighted by Crippen LogP contribution is 2.32. The van der Waals surface area contributed by atoms with Gasteiger partial charge in [-0.1, -0.05) is 0 Å². The van der Waals surface area contributed by atoms with E-state index in [1.165, 1.54) is 6.26 Å². The minimum absolute atomic E-state index is 0.0308. The maximum absolute atomic E-state index is 10.9. The van der Waals surface area contributed by atoms with Gasteiger partial charge in [-0.3, -0.25) is 0 Å². The summed E-state index contributed by atoms with van der Waals surface area (Å²) in [6.07, 6.45) is 6.37. The van der Waals surface area contributed by atoms with Crippen molar-refractivity contribution in [2.45, 2.75) is 12.8 Å². The van der Waals surface area contributed by atoms with Crippen LogP contribution in [0.15, 0.2) is 34.7 Å². The summed E-state index contributed by atoms with van der Waals surface area (Å²) in [5.74, 6) is 0.754. The Labute approximate surface area is 80.8 Å². The van der Waals surface area contributed by atoms with Gasteiger partial charge < -0.3 is 4.74 Å². The lowest BCUT2D eigenvalue weighted by atomic mass is 10.2. The van der Waals surface area contributed by atoms with E-state index >= 15 is 0 Å². The zero-order valence-corrected chi connectivity index (χ0v) is 8.23. The van der Waals surface area contributed by atoms with Gasteiger partial charge in [-0.2, -0.15) is 0 Å². The van der Waals surface area contributed by atoms with Crippen LogP contribution in [0.4, 0.5) is 0 Å². The average molecular weight is 219 g/mol. The van der Waals surface area contributed by atoms with Crippen LogP contribution in [0.2, 0.25) is 0 Å². The van der Waals surface area contributed by atoms with Gasteiger partial charge in [0.1, 0.15) is 16.9 Å². The molecule has 0 bridgehead atoms. The van der Waals surface area contributed by atoms with Crippen LogP contribution in [-0.4, -0.2) is 8.42 Å². The Morgan fingerprint density at radius 1 is 1.46 bits per heavy atom. The van der Waals surface area contributed by atoms with E-state index in [0.29, 0.717) is 0 Å². The van der Waals surface area contributed by atoms with Crippen LogP contribution >= 0.6 is 10.7 Å². The molecular formula is C8H7ClO3S. The number of hydrogen-bond acceptors (Lipinski definition) is 3. The molecule has 70 valence electrons. The minimum Gasteiger partial charge on any atom is -0.464 e. The second-order valence-corrected chi connectivity index (χ2v) is 5.42. The normalized spacial score (nSPS) is 21.2. The second kappa shape index (κ2) is 2.89. The van der Waals surface area contributed by atoms with Gasteiger partial charge in [0.2, 0.25) is 0 Å². The van der Waals surface area contributed by atoms with Crippen LogP contribution in [0.25, 0.3) is 0 Å². The highest BCUT2D eigenvalue weighted by Gasteiger charge is 2.22. The van der Waals surface area contributed by atoms with E-state index in [9.17, 15) is 8.42 Å². The van der Waals surface area contributed by atoms with Crippen molar-refractivity contribution in [1.29, 1.82) is 0 Å². The highest BCUT2D eigenvalue weighted by molar-refractivity contribution is 8.17. The Morgan fingerprint density at radius 2 is 2.23 bits per heavy atom. The summed E-state index contributed by atoms with van der Waals surface area (Å²) >= 11 is 0. The fourth-order valence-corrected chi connectivity index (χ4v) is 2.02. The van der Waals surface area contributed by atoms with Gasteiger partial charge >= 0.3 is 0 Å². The van der Waals surface area contributed by atoms with E-state index in [1.807, 2.05) is 6.08 Å². The number of allylic oxidation sites excluding steroid dienone is 3. The molecule has 0 fully saturated rings. The van der Waals surface area contributed by atoms with Gasteiger partial charge in [-0.15, -0.1) is 0 Å². The fraction of sp³-hybridized carbons (Fsp3) is 0.250. The molecule has 0 atom stereocenters. The molecule has 0 spiro atoms. The van der Waals surface area contributed by atoms with Gasteiger partial charge in [-0.25, -0.2) is 8.42 Å². The summed E-state index contributed by atoms with van der Waals surface area (Å²) in [5.41, 5.74) is 0.904. The first-order valence-electron chi connectivity index (χ1n) is 3.80. The molecule has 0 aromatic heterocycles. The van der Waals surface area contributed by atoms with Crippen molar-refractivity contribution >= 4 is 19.7 Å². The van der Waals surface area contributed by atoms with Crippen LogP contribution in [-0.2, 0) is 13.8 Å². The third-order valence-electron chi connectivity index (χ3n) is 1.96. The number of fused-ring (bicyclic) bond motifs is 1. The minimum atomic E-state index is -3.66. The molecule has 0 N–H and O–H groups in total. The zero-order valence-electron chi connectivity index (χ0n) is 6.66. The summed E-state index contributed by atoms with van der Waals surface area (Å²) in [5, 5.41) is 0. The molecule has 0 aromatic carbocycles. The molecular weight excluding hydrogens is 212 g/mol. The van der Waals surface area contributed by atoms with Crippen LogP contribution in [0.3, 0.4) is 0 Å². The molecule has 2 aliphatic rings. The topological polar surface area (TPSA) is 43.4 Å². The third-order valence-corrected chi connectivity index (χ3v) is 3.27. The van der Waals surface area contributed by atoms with E-state index in [2.05, 4.69) is 0 Å². The van der Waals surface area contributed by atoms with E-state index in [0.717, 1.165) is 24.2 Å². The van der Waals surface area contributed by atoms with Crippen molar-refractivity contribution in [2.75, 3.05) is 0 Å². The zero-order chi connectivity index (χ0) is 9.47. The lowest BCUT2D eigenvalue weighted by Gasteiger charge is -2.11. The van der Waals surface area contributed by atoms with Crippen molar-refractivity contribution in [3.8, 4) is 0 Å². The Balaban J connectivity index is 2.39. The van der Waals surface area contributed by atoms with Crippen LogP contribution < -0.4 is 0 Å². The van der Waals surface area contributed by atoms with Crippen molar-refractivity contribution in [1.82, 2.24) is 0 Å². The number of ether oxygens (including phenoxy) is 1. The summed E-state index contributed by atoms with van der Waals surface area (Å²) in [6, 6.07) is 0. The molecule has 1 aliphatic carbocycles. The summed E-state index contributed by atoms with van der Waals surface area (Å²) in [7, 11) is 1.50. The van der Waals surface area contributed by atoms with Crippen molar-refractivity contribution in [3.63, 3.8) is 0 Å². The Hall–Kier alpha value is -0.740. The molecule has 0 saturated heterocycles. The molecule has 1 heterocycles. The summed E-state index contributed by atoms with van der Waals surface area (Å²) in [6.45, 7) is 0. The Morgan fingerprint density at radius 3 is 2.92 bits per heavy atom. The smallest absolute Gasteiger partial charge is 0.264 e. The Kier molecular flexibility index (Phi) is 1.96. The molecule has 0 amide bonds. The van der Waals surface area contributed by atoms with Gasteiger partial charge in [0, 0.05) is 10.7 Å². The van der Waals surface area contributed by atoms with E-state index in [4.69, 9.17) is 15.4 Å². The van der Waals surface area contributed by atoms with Crippen LogP contribution in [0.5, 0.6) is 0 Å². The SMILES string of the molecule is O=S(=O)(Cl)C1=COC2=CCCC2=C1. The fourth-order valence-electron chi connectivity index (χ4n) is 1.34. The predicted octanol–water partition coefficient (Wildman–Crippen LogP) is 2.03. The first-order valence-corrected chi connectivity index (χ1v) is 6.11. The number of halogens is 1. The lowest BCUT2D eigenvalue weighted by molar-refractivity contribution is 0.357. The average Bonchev–Trinajstić information content (AvgIpc) is 2.47. The van der Waals surface area contributed by atoms with Gasteiger partial charge in [0.15, 0.2) is 0 Å². The standard InChI is InChI=1S/C8H7ClO3S/c9-13(10,11)7-4-6-2-1-3-8(6)12-5-7/h3-5H,1-2H2. The van der Waals surface area contributed by atoms with E-state index < -0.39 is 9.05 Å². The van der Waals surface area contributed by atoms with Crippen molar-refractivity contribution < 1.29 is 13.2 Å². The van der Waals surface area contributed by atoms with Crippen molar-refractivity contribution in [2.24, 2.45) is 0 Å². The first kappa shape index (κ1) is 8.84. The maximum Gasteiger partial charge on any atom is 0.264 e. The molecule has 0 radical (unpaired) electrons. The molecule has 3 nitrogen and oxygen atoms in total. The molecule has 5 heteroatoms. The lowest BCUT2D eigenvalue weighted by Crippen LogP contribution is -2.01. The van der Waals surface area contributed by atoms with Crippen LogP contribution in [0, 0.1) is 0 Å². The molecule has 1 aliphatic heterocycles. The predicted molar refractivity (Wildman–Crippen MR) is 49.3 cm³/mol. The first-order chi connectivity index (χ1) is 6.07. The van der Waals surface area contributed by atoms with Gasteiger partial charge in [0.25, 0.3) is 9.05 Å². The molecule has 0 aromatic rings. The van der Waals surface area contributed by atoms with Gasteiger partial charge in [0.05, 0.1) is 0 Å². The van der Waals surface area contributed by atoms with Gasteiger partial charge in [-0.05, 0) is 30.6 Å². The van der Waals surface area contributed by atoms with E-state index in [1.54, 1.807) is 6.08 Å². The molecule has 0 unspecified atom stereocenters. The van der Waals surface area contributed by atoms with E-state index in [-0.39, 0.29) is 4.91 Å². The largest absolute Gasteiger partial charge is 0.464 e. The molecule has 0 saturated carbocycles. The monoisotopic (exact) mass is 218 g/mol. The third kappa shape index (κ3) is 1.64. The maximum atomic E-state index is 10.9. The number of rotatable bonds is 1. The summed E-state index contributed by atoms with van der Waals surface area (Å²) < 4.78 is 27.0. The molecule has 2 rings (SSSR count). The van der Waals surface area contributed by atoms with Crippen LogP contribution in [0.1, 0.15) is 12.8 Å². The summed E-state index contributed by atoms with van der Waals surface area (Å²) in [4.78, 5) is 0.0308.